The summed E-state index contributed by atoms with van der Waals surface area (Å²) >= 11 is 5.81. The maximum absolute atomic E-state index is 11.8. The minimum absolute atomic E-state index is 0.117. The summed E-state index contributed by atoms with van der Waals surface area (Å²) in [5.74, 6) is -0.678. The van der Waals surface area contributed by atoms with Gasteiger partial charge in [0.2, 0.25) is 0 Å². The molecule has 0 spiro atoms. The topological polar surface area (TPSA) is 102 Å². The third-order valence-electron chi connectivity index (χ3n) is 2.50. The number of aryl methyl sites for hydroxylation is 1. The lowest BCUT2D eigenvalue weighted by molar-refractivity contribution is 0.0992. The monoisotopic (exact) mass is 293 g/mol. The maximum atomic E-state index is 11.8. The molecule has 0 fully saturated rings. The first-order valence-electron chi connectivity index (χ1n) is 5.62. The summed E-state index contributed by atoms with van der Waals surface area (Å²) in [6.45, 7) is 0. The van der Waals surface area contributed by atoms with Gasteiger partial charge in [0.1, 0.15) is 5.69 Å². The van der Waals surface area contributed by atoms with Gasteiger partial charge in [0, 0.05) is 17.8 Å². The molecule has 2 aromatic rings. The summed E-state index contributed by atoms with van der Waals surface area (Å²) in [4.78, 5) is 23.1. The minimum Gasteiger partial charge on any atom is -0.364 e. The van der Waals surface area contributed by atoms with Gasteiger partial charge in [-0.25, -0.2) is 4.79 Å². The Labute approximate surface area is 119 Å². The fraction of sp³-hybridized carbons (Fsp3) is 0.0833. The highest BCUT2D eigenvalue weighted by atomic mass is 35.5. The first-order valence-corrected chi connectivity index (χ1v) is 6.00. The second-order valence-electron chi connectivity index (χ2n) is 3.98. The average molecular weight is 294 g/mol. The number of nitrogens with one attached hydrogen (secondary N) is 2. The van der Waals surface area contributed by atoms with E-state index < -0.39 is 11.9 Å². The van der Waals surface area contributed by atoms with Gasteiger partial charge in [-0.3, -0.25) is 9.48 Å². The number of primary amides is 1. The molecule has 0 atom stereocenters. The van der Waals surface area contributed by atoms with Crippen molar-refractivity contribution in [1.82, 2.24) is 9.78 Å². The smallest absolute Gasteiger partial charge is 0.323 e. The first kappa shape index (κ1) is 13.9. The SMILES string of the molecule is Cn1ncc(NC(=O)Nc2cccc(Cl)c2)c1C(N)=O. The summed E-state index contributed by atoms with van der Waals surface area (Å²) < 4.78 is 1.29. The van der Waals surface area contributed by atoms with Crippen LogP contribution in [0.2, 0.25) is 5.02 Å². The Morgan fingerprint density at radius 1 is 1.35 bits per heavy atom. The standard InChI is InChI=1S/C12H12ClN5O2/c1-18-10(11(14)19)9(6-15-18)17-12(20)16-8-4-2-3-7(13)5-8/h2-6H,1H3,(H2,14,19)(H2,16,17,20). The van der Waals surface area contributed by atoms with E-state index in [0.717, 1.165) is 0 Å². The number of hydrogen-bond acceptors (Lipinski definition) is 3. The van der Waals surface area contributed by atoms with E-state index in [1.165, 1.54) is 10.9 Å². The molecular weight excluding hydrogens is 282 g/mol. The van der Waals surface area contributed by atoms with E-state index in [4.69, 9.17) is 17.3 Å². The molecule has 2 rings (SSSR count). The van der Waals surface area contributed by atoms with Crippen LogP contribution in [0.15, 0.2) is 30.5 Å². The summed E-state index contributed by atoms with van der Waals surface area (Å²) in [6.07, 6.45) is 1.34. The molecule has 0 aliphatic rings. The van der Waals surface area contributed by atoms with Gasteiger partial charge in [0.15, 0.2) is 0 Å². The average Bonchev–Trinajstić information content (AvgIpc) is 2.70. The Morgan fingerprint density at radius 3 is 2.75 bits per heavy atom. The summed E-state index contributed by atoms with van der Waals surface area (Å²) in [5, 5.41) is 9.45. The number of carbonyl (C=O) groups excluding carboxylic acids is 2. The van der Waals surface area contributed by atoms with Gasteiger partial charge in [-0.05, 0) is 18.2 Å². The van der Waals surface area contributed by atoms with Crippen molar-refractivity contribution in [1.29, 1.82) is 0 Å². The number of halogens is 1. The van der Waals surface area contributed by atoms with Crippen molar-refractivity contribution >= 4 is 34.9 Å². The number of rotatable bonds is 3. The third-order valence-corrected chi connectivity index (χ3v) is 2.74. The lowest BCUT2D eigenvalue weighted by atomic mass is 10.3. The van der Waals surface area contributed by atoms with Crippen LogP contribution in [0.25, 0.3) is 0 Å². The number of nitrogens with zero attached hydrogens (tertiary/aromatic N) is 2. The molecule has 1 aromatic carbocycles. The quantitative estimate of drug-likeness (QED) is 0.804. The van der Waals surface area contributed by atoms with Gasteiger partial charge in [-0.15, -0.1) is 0 Å². The minimum atomic E-state index is -0.678. The van der Waals surface area contributed by atoms with Crippen LogP contribution in [0.3, 0.4) is 0 Å². The molecule has 0 unspecified atom stereocenters. The van der Waals surface area contributed by atoms with E-state index in [0.29, 0.717) is 10.7 Å². The lowest BCUT2D eigenvalue weighted by Crippen LogP contribution is -2.23. The van der Waals surface area contributed by atoms with E-state index in [9.17, 15) is 9.59 Å². The van der Waals surface area contributed by atoms with Crippen LogP contribution in [-0.2, 0) is 7.05 Å². The van der Waals surface area contributed by atoms with Gasteiger partial charge >= 0.3 is 6.03 Å². The summed E-state index contributed by atoms with van der Waals surface area (Å²) in [6, 6.07) is 6.15. The molecule has 3 amide bonds. The molecular formula is C12H12ClN5O2. The molecule has 4 N–H and O–H groups in total. The van der Waals surface area contributed by atoms with Crippen LogP contribution in [0, 0.1) is 0 Å². The van der Waals surface area contributed by atoms with Crippen molar-refractivity contribution < 1.29 is 9.59 Å². The second-order valence-corrected chi connectivity index (χ2v) is 4.42. The predicted octanol–water partition coefficient (Wildman–Crippen LogP) is 1.82. The zero-order valence-corrected chi connectivity index (χ0v) is 11.3. The van der Waals surface area contributed by atoms with Crippen molar-refractivity contribution in [2.24, 2.45) is 12.8 Å². The second kappa shape index (κ2) is 5.62. The number of hydrogen-bond donors (Lipinski definition) is 3. The number of benzene rings is 1. The van der Waals surface area contributed by atoms with Gasteiger partial charge in [0.05, 0.1) is 11.9 Å². The van der Waals surface area contributed by atoms with Crippen molar-refractivity contribution in [3.05, 3.63) is 41.2 Å². The van der Waals surface area contributed by atoms with Crippen LogP contribution in [-0.4, -0.2) is 21.7 Å². The normalized spacial score (nSPS) is 10.1. The summed E-state index contributed by atoms with van der Waals surface area (Å²) in [5.41, 5.74) is 6.10. The molecule has 0 aliphatic carbocycles. The zero-order valence-electron chi connectivity index (χ0n) is 10.6. The number of aromatic nitrogens is 2. The Hall–Kier alpha value is -2.54. The largest absolute Gasteiger partial charge is 0.364 e. The van der Waals surface area contributed by atoms with Crippen LogP contribution < -0.4 is 16.4 Å². The van der Waals surface area contributed by atoms with Gasteiger partial charge in [0.25, 0.3) is 5.91 Å². The Bertz CT molecular complexity index is 668. The van der Waals surface area contributed by atoms with Gasteiger partial charge in [-0.1, -0.05) is 17.7 Å². The van der Waals surface area contributed by atoms with E-state index >= 15 is 0 Å². The molecule has 7 nitrogen and oxygen atoms in total. The fourth-order valence-corrected chi connectivity index (χ4v) is 1.86. The van der Waals surface area contributed by atoms with E-state index in [-0.39, 0.29) is 11.4 Å². The molecule has 0 bridgehead atoms. The highest BCUT2D eigenvalue weighted by Crippen LogP contribution is 2.17. The van der Waals surface area contributed by atoms with E-state index in [1.54, 1.807) is 31.3 Å². The van der Waals surface area contributed by atoms with Crippen LogP contribution >= 0.6 is 11.6 Å². The van der Waals surface area contributed by atoms with E-state index in [1.807, 2.05) is 0 Å². The molecule has 0 radical (unpaired) electrons. The van der Waals surface area contributed by atoms with Crippen LogP contribution in [0.5, 0.6) is 0 Å². The van der Waals surface area contributed by atoms with E-state index in [2.05, 4.69) is 15.7 Å². The Balaban J connectivity index is 2.11. The number of amides is 3. The predicted molar refractivity (Wildman–Crippen MR) is 75.8 cm³/mol. The van der Waals surface area contributed by atoms with Crippen molar-refractivity contribution in [2.75, 3.05) is 10.6 Å². The highest BCUT2D eigenvalue weighted by Gasteiger charge is 2.15. The molecule has 0 aliphatic heterocycles. The van der Waals surface area contributed by atoms with Crippen molar-refractivity contribution in [3.8, 4) is 0 Å². The molecule has 104 valence electrons. The zero-order chi connectivity index (χ0) is 14.7. The first-order chi connectivity index (χ1) is 9.47. The lowest BCUT2D eigenvalue weighted by Gasteiger charge is -2.07. The van der Waals surface area contributed by atoms with Crippen LogP contribution in [0.1, 0.15) is 10.5 Å². The number of anilines is 2. The van der Waals surface area contributed by atoms with Crippen molar-refractivity contribution in [3.63, 3.8) is 0 Å². The molecule has 20 heavy (non-hydrogen) atoms. The fourth-order valence-electron chi connectivity index (χ4n) is 1.67. The molecule has 1 aromatic heterocycles. The highest BCUT2D eigenvalue weighted by molar-refractivity contribution is 6.30. The number of urea groups is 1. The summed E-state index contributed by atoms with van der Waals surface area (Å²) in [7, 11) is 1.56. The van der Waals surface area contributed by atoms with Gasteiger partial charge in [-0.2, -0.15) is 5.10 Å². The third kappa shape index (κ3) is 3.07. The molecule has 1 heterocycles. The Kier molecular flexibility index (Phi) is 3.90. The van der Waals surface area contributed by atoms with Gasteiger partial charge < -0.3 is 16.4 Å². The molecule has 8 heteroatoms. The molecule has 0 saturated carbocycles. The number of carbonyl (C=O) groups is 2. The van der Waals surface area contributed by atoms with Crippen LogP contribution in [0.4, 0.5) is 16.2 Å². The number of nitrogens with two attached hydrogens (primary N) is 1. The maximum Gasteiger partial charge on any atom is 0.323 e. The Morgan fingerprint density at radius 2 is 2.10 bits per heavy atom. The molecule has 0 saturated heterocycles. The van der Waals surface area contributed by atoms with Crippen molar-refractivity contribution in [2.45, 2.75) is 0 Å².